The summed E-state index contributed by atoms with van der Waals surface area (Å²) >= 11 is 5.76. The molecule has 2 aromatic carbocycles. The van der Waals surface area contributed by atoms with Crippen LogP contribution in [0.5, 0.6) is 11.5 Å². The summed E-state index contributed by atoms with van der Waals surface area (Å²) in [6.07, 6.45) is 0. The van der Waals surface area contributed by atoms with E-state index in [1.54, 1.807) is 14.2 Å². The van der Waals surface area contributed by atoms with Crippen molar-refractivity contribution in [3.63, 3.8) is 0 Å². The molecule has 0 saturated carbocycles. The Morgan fingerprint density at radius 2 is 1.52 bits per heavy atom. The van der Waals surface area contributed by atoms with Crippen molar-refractivity contribution in [2.24, 2.45) is 0 Å². The first-order chi connectivity index (χ1) is 13.9. The number of nitrogens with zero attached hydrogens (tertiary/aromatic N) is 3. The van der Waals surface area contributed by atoms with Crippen molar-refractivity contribution in [2.45, 2.75) is 33.1 Å². The van der Waals surface area contributed by atoms with Gasteiger partial charge < -0.3 is 14.4 Å². The van der Waals surface area contributed by atoms with E-state index in [0.29, 0.717) is 6.67 Å². The van der Waals surface area contributed by atoms with E-state index in [2.05, 4.69) is 37.6 Å². The van der Waals surface area contributed by atoms with Crippen molar-refractivity contribution in [1.29, 1.82) is 0 Å². The summed E-state index contributed by atoms with van der Waals surface area (Å²) in [6.45, 7) is 5.82. The molecule has 0 fully saturated rings. The second-order valence-corrected chi connectivity index (χ2v) is 7.80. The van der Waals surface area contributed by atoms with Crippen LogP contribution in [0.1, 0.15) is 25.5 Å². The maximum Gasteiger partial charge on any atom is 0.203 e. The Labute approximate surface area is 177 Å². The van der Waals surface area contributed by atoms with Crippen LogP contribution in [0.15, 0.2) is 48.5 Å². The minimum atomic E-state index is 0.218. The van der Waals surface area contributed by atoms with Gasteiger partial charge in [-0.1, -0.05) is 0 Å². The van der Waals surface area contributed by atoms with E-state index in [0.717, 1.165) is 34.2 Å². The number of nitrogens with one attached hydrogen (secondary N) is 1. The second kappa shape index (κ2) is 9.24. The number of hydrogen-bond acceptors (Lipinski definition) is 4. The summed E-state index contributed by atoms with van der Waals surface area (Å²) in [5.41, 5.74) is 2.27. The van der Waals surface area contributed by atoms with Gasteiger partial charge in [-0.2, -0.15) is 4.68 Å². The Kier molecular flexibility index (Phi) is 6.71. The van der Waals surface area contributed by atoms with Gasteiger partial charge in [0.05, 0.1) is 21.3 Å². The van der Waals surface area contributed by atoms with E-state index in [1.807, 2.05) is 41.1 Å². The van der Waals surface area contributed by atoms with Gasteiger partial charge in [-0.05, 0) is 74.6 Å². The molecule has 1 unspecified atom stereocenters. The quantitative estimate of drug-likeness (QED) is 0.576. The summed E-state index contributed by atoms with van der Waals surface area (Å²) in [5, 5.41) is 4.86. The lowest BCUT2D eigenvalue weighted by Crippen LogP contribution is -3.07. The molecule has 0 saturated heterocycles. The summed E-state index contributed by atoms with van der Waals surface area (Å²) < 4.78 is 15.3. The maximum absolute atomic E-state index is 5.76. The van der Waals surface area contributed by atoms with Crippen molar-refractivity contribution in [1.82, 2.24) is 14.3 Å². The van der Waals surface area contributed by atoms with Crippen LogP contribution >= 0.6 is 12.2 Å². The number of methoxy groups -OCH3 is 2. The van der Waals surface area contributed by atoms with Gasteiger partial charge in [0.2, 0.25) is 4.77 Å². The first-order valence-electron chi connectivity index (χ1n) is 9.71. The maximum atomic E-state index is 5.76. The molecule has 0 aliphatic carbocycles. The van der Waals surface area contributed by atoms with Gasteiger partial charge in [0.15, 0.2) is 12.5 Å². The first-order valence-corrected chi connectivity index (χ1v) is 10.1. The van der Waals surface area contributed by atoms with Crippen LogP contribution in [0.3, 0.4) is 0 Å². The van der Waals surface area contributed by atoms with Crippen molar-refractivity contribution in [3.05, 3.63) is 58.9 Å². The molecule has 6 nitrogen and oxygen atoms in total. The minimum Gasteiger partial charge on any atom is -0.497 e. The third-order valence-electron chi connectivity index (χ3n) is 4.82. The highest BCUT2D eigenvalue weighted by molar-refractivity contribution is 7.71. The number of quaternary nitrogens is 1. The Morgan fingerprint density at radius 1 is 0.966 bits per heavy atom. The van der Waals surface area contributed by atoms with E-state index in [1.165, 1.54) is 10.5 Å². The molecule has 0 spiro atoms. The highest BCUT2D eigenvalue weighted by atomic mass is 32.1. The van der Waals surface area contributed by atoms with Crippen LogP contribution in [-0.2, 0) is 13.2 Å². The third-order valence-corrected chi connectivity index (χ3v) is 5.23. The third kappa shape index (κ3) is 4.86. The Morgan fingerprint density at radius 3 is 2.03 bits per heavy atom. The molecule has 1 heterocycles. The molecular weight excluding hydrogens is 384 g/mol. The van der Waals surface area contributed by atoms with E-state index in [-0.39, 0.29) is 6.04 Å². The molecule has 0 radical (unpaired) electrons. The molecule has 154 valence electrons. The molecule has 1 N–H and O–H groups in total. The van der Waals surface area contributed by atoms with Gasteiger partial charge >= 0.3 is 0 Å². The summed E-state index contributed by atoms with van der Waals surface area (Å²) in [6, 6.07) is 16.3. The Hall–Kier alpha value is -2.64. The highest BCUT2D eigenvalue weighted by Crippen LogP contribution is 2.24. The Bertz CT molecular complexity index is 991. The highest BCUT2D eigenvalue weighted by Gasteiger charge is 2.17. The van der Waals surface area contributed by atoms with Crippen molar-refractivity contribution in [2.75, 3.05) is 21.3 Å². The van der Waals surface area contributed by atoms with Crippen LogP contribution in [0.4, 0.5) is 0 Å². The van der Waals surface area contributed by atoms with Gasteiger partial charge in [-0.25, -0.2) is 0 Å². The normalized spacial score (nSPS) is 12.2. The minimum absolute atomic E-state index is 0.218. The fourth-order valence-corrected chi connectivity index (χ4v) is 3.73. The number of aromatic nitrogens is 3. The molecule has 0 aliphatic heterocycles. The van der Waals surface area contributed by atoms with Crippen LogP contribution in [0.2, 0.25) is 0 Å². The fraction of sp³-hybridized carbons (Fsp3) is 0.364. The predicted molar refractivity (Wildman–Crippen MR) is 117 cm³/mol. The van der Waals surface area contributed by atoms with Gasteiger partial charge in [-0.15, -0.1) is 5.10 Å². The van der Waals surface area contributed by atoms with Gasteiger partial charge in [0.25, 0.3) is 0 Å². The summed E-state index contributed by atoms with van der Waals surface area (Å²) in [7, 11) is 5.49. The smallest absolute Gasteiger partial charge is 0.203 e. The largest absolute Gasteiger partial charge is 0.497 e. The first kappa shape index (κ1) is 21.1. The molecule has 7 heteroatoms. The molecule has 29 heavy (non-hydrogen) atoms. The average Bonchev–Trinajstić information content (AvgIpc) is 3.04. The standard InChI is InChI=1S/C22H28N4O2S/c1-16(2)26-21(18-8-12-20(28-5)13-9-18)23-25(22(26)29)15-24(3)14-17-6-10-19(27-4)11-7-17/h6-13,16H,14-15H2,1-5H3/p+1. The zero-order chi connectivity index (χ0) is 21.0. The van der Waals surface area contributed by atoms with Gasteiger partial charge in [0, 0.05) is 17.2 Å². The molecule has 1 atom stereocenters. The molecule has 3 aromatic rings. The van der Waals surface area contributed by atoms with Crippen molar-refractivity contribution < 1.29 is 14.4 Å². The van der Waals surface area contributed by atoms with E-state index in [4.69, 9.17) is 26.8 Å². The second-order valence-electron chi connectivity index (χ2n) is 7.44. The SMILES string of the molecule is COc1ccc(C[NH+](C)Cn2nc(-c3ccc(OC)cc3)n(C(C)C)c2=S)cc1. The number of ether oxygens (including phenoxy) is 2. The fourth-order valence-electron chi connectivity index (χ4n) is 3.33. The number of hydrogen-bond donors (Lipinski definition) is 1. The van der Waals surface area contributed by atoms with E-state index >= 15 is 0 Å². The van der Waals surface area contributed by atoms with Gasteiger partial charge in [-0.3, -0.25) is 4.57 Å². The predicted octanol–water partition coefficient (Wildman–Crippen LogP) is 3.35. The molecule has 0 amide bonds. The van der Waals surface area contributed by atoms with Crippen LogP contribution in [0, 0.1) is 4.77 Å². The zero-order valence-electron chi connectivity index (χ0n) is 17.7. The molecule has 3 rings (SSSR count). The van der Waals surface area contributed by atoms with E-state index < -0.39 is 0 Å². The molecular formula is C22H29N4O2S+. The average molecular weight is 414 g/mol. The summed E-state index contributed by atoms with van der Waals surface area (Å²) in [4.78, 5) is 1.29. The monoisotopic (exact) mass is 413 g/mol. The molecule has 0 aliphatic rings. The number of rotatable bonds is 8. The van der Waals surface area contributed by atoms with Crippen molar-refractivity contribution >= 4 is 12.2 Å². The Balaban J connectivity index is 1.84. The topological polar surface area (TPSA) is 45.6 Å². The summed E-state index contributed by atoms with van der Waals surface area (Å²) in [5.74, 6) is 2.57. The lowest BCUT2D eigenvalue weighted by atomic mass is 10.2. The van der Waals surface area contributed by atoms with Crippen LogP contribution in [0.25, 0.3) is 11.4 Å². The number of benzene rings is 2. The van der Waals surface area contributed by atoms with E-state index in [9.17, 15) is 0 Å². The van der Waals surface area contributed by atoms with Crippen molar-refractivity contribution in [3.8, 4) is 22.9 Å². The zero-order valence-corrected chi connectivity index (χ0v) is 18.5. The lowest BCUT2D eigenvalue weighted by Gasteiger charge is -2.14. The molecule has 1 aromatic heterocycles. The van der Waals surface area contributed by atoms with Crippen LogP contribution < -0.4 is 14.4 Å². The lowest BCUT2D eigenvalue weighted by molar-refractivity contribution is -0.917. The van der Waals surface area contributed by atoms with Gasteiger partial charge in [0.1, 0.15) is 18.0 Å². The molecule has 0 bridgehead atoms. The van der Waals surface area contributed by atoms with Crippen LogP contribution in [-0.4, -0.2) is 35.6 Å².